The molecule has 0 aliphatic rings. The van der Waals surface area contributed by atoms with Gasteiger partial charge in [-0.2, -0.15) is 0 Å². The Hall–Kier alpha value is -3.33. The van der Waals surface area contributed by atoms with Crippen LogP contribution in [0.5, 0.6) is 5.75 Å². The van der Waals surface area contributed by atoms with Crippen molar-refractivity contribution in [1.82, 2.24) is 15.0 Å². The molecule has 24 heavy (non-hydrogen) atoms. The molecular formula is C15H12N4O5. The number of nitrogens with zero attached hydrogens (tertiary/aromatic N) is 4. The smallest absolute Gasteiger partial charge is 0.271 e. The minimum Gasteiger partial charge on any atom is -0.505 e. The van der Waals surface area contributed by atoms with Crippen LogP contribution in [0.4, 0.5) is 5.69 Å². The Morgan fingerprint density at radius 1 is 1.21 bits per heavy atom. The van der Waals surface area contributed by atoms with Gasteiger partial charge in [0.2, 0.25) is 0 Å². The fraction of sp³-hybridized carbons (Fsp3) is 0.133. The van der Waals surface area contributed by atoms with E-state index in [1.807, 2.05) is 0 Å². The number of aliphatic hydroxyl groups is 1. The third kappa shape index (κ3) is 2.68. The number of non-ortho nitro benzene ring substituents is 1. The third-order valence-corrected chi connectivity index (χ3v) is 3.50. The lowest BCUT2D eigenvalue weighted by Crippen LogP contribution is -2.03. The van der Waals surface area contributed by atoms with Gasteiger partial charge in [-0.15, -0.1) is 15.0 Å². The molecule has 0 saturated heterocycles. The molecule has 0 saturated carbocycles. The molecule has 1 aromatic heterocycles. The zero-order chi connectivity index (χ0) is 17.3. The van der Waals surface area contributed by atoms with Crippen molar-refractivity contribution in [3.63, 3.8) is 0 Å². The average molecular weight is 328 g/mol. The van der Waals surface area contributed by atoms with E-state index in [0.717, 1.165) is 4.80 Å². The second kappa shape index (κ2) is 6.05. The first-order chi connectivity index (χ1) is 11.5. The summed E-state index contributed by atoms with van der Waals surface area (Å²) in [7, 11) is 0. The minimum absolute atomic E-state index is 0.0447. The second-order valence-electron chi connectivity index (χ2n) is 5.06. The van der Waals surface area contributed by atoms with Gasteiger partial charge in [0.1, 0.15) is 16.7 Å². The van der Waals surface area contributed by atoms with Crippen molar-refractivity contribution in [1.29, 1.82) is 0 Å². The summed E-state index contributed by atoms with van der Waals surface area (Å²) in [4.78, 5) is 22.5. The van der Waals surface area contributed by atoms with E-state index in [0.29, 0.717) is 23.8 Å². The summed E-state index contributed by atoms with van der Waals surface area (Å²) >= 11 is 0. The average Bonchev–Trinajstić information content (AvgIpc) is 2.99. The number of aliphatic hydroxyl groups excluding tert-OH is 1. The van der Waals surface area contributed by atoms with Gasteiger partial charge in [-0.3, -0.25) is 14.9 Å². The quantitative estimate of drug-likeness (QED) is 0.411. The predicted octanol–water partition coefficient (Wildman–Crippen LogP) is 1.38. The number of aromatic hydroxyl groups is 1. The number of carbonyl (C=O) groups excluding carboxylic acids is 1. The van der Waals surface area contributed by atoms with E-state index < -0.39 is 4.92 Å². The fourth-order valence-electron chi connectivity index (χ4n) is 2.34. The van der Waals surface area contributed by atoms with Crippen molar-refractivity contribution in [3.05, 3.63) is 51.6 Å². The molecule has 0 aliphatic carbocycles. The fourth-order valence-corrected chi connectivity index (χ4v) is 2.34. The lowest BCUT2D eigenvalue weighted by molar-refractivity contribution is -0.384. The molecule has 1 heterocycles. The number of aromatic nitrogens is 3. The van der Waals surface area contributed by atoms with E-state index >= 15 is 0 Å². The number of nitro groups is 1. The number of phenols is 1. The molecule has 3 aromatic rings. The van der Waals surface area contributed by atoms with Crippen LogP contribution in [0, 0.1) is 10.1 Å². The SMILES string of the molecule is O=Cc1cc(CCO)cc(-n2nc3ccc([N+](=O)[O-])cc3n2)c1O. The molecule has 0 unspecified atom stereocenters. The van der Waals surface area contributed by atoms with E-state index in [1.165, 1.54) is 24.3 Å². The summed E-state index contributed by atoms with van der Waals surface area (Å²) in [6.45, 7) is -0.122. The molecule has 0 spiro atoms. The van der Waals surface area contributed by atoms with Crippen LogP contribution in [-0.2, 0) is 6.42 Å². The Kier molecular flexibility index (Phi) is 3.92. The van der Waals surface area contributed by atoms with Gasteiger partial charge in [-0.1, -0.05) is 0 Å². The van der Waals surface area contributed by atoms with Crippen LogP contribution in [0.3, 0.4) is 0 Å². The summed E-state index contributed by atoms with van der Waals surface area (Å²) in [5, 5.41) is 38.4. The van der Waals surface area contributed by atoms with E-state index in [2.05, 4.69) is 10.2 Å². The first kappa shape index (κ1) is 15.6. The normalized spacial score (nSPS) is 10.9. The summed E-state index contributed by atoms with van der Waals surface area (Å²) in [6, 6.07) is 7.04. The third-order valence-electron chi connectivity index (χ3n) is 3.50. The Morgan fingerprint density at radius 3 is 2.62 bits per heavy atom. The maximum atomic E-state index is 11.1. The first-order valence-corrected chi connectivity index (χ1v) is 6.97. The van der Waals surface area contributed by atoms with Gasteiger partial charge in [-0.25, -0.2) is 0 Å². The van der Waals surface area contributed by atoms with Crippen molar-refractivity contribution >= 4 is 23.0 Å². The summed E-state index contributed by atoms with van der Waals surface area (Å²) in [5.41, 5.74) is 1.38. The highest BCUT2D eigenvalue weighted by Crippen LogP contribution is 2.28. The molecule has 0 aliphatic heterocycles. The van der Waals surface area contributed by atoms with Crippen molar-refractivity contribution in [2.24, 2.45) is 0 Å². The molecule has 122 valence electrons. The molecule has 3 rings (SSSR count). The monoisotopic (exact) mass is 328 g/mol. The number of rotatable bonds is 5. The van der Waals surface area contributed by atoms with Gasteiger partial charge in [0.25, 0.3) is 5.69 Å². The number of benzene rings is 2. The van der Waals surface area contributed by atoms with Crippen LogP contribution >= 0.6 is 0 Å². The van der Waals surface area contributed by atoms with E-state index in [4.69, 9.17) is 5.11 Å². The van der Waals surface area contributed by atoms with Crippen LogP contribution in [0.1, 0.15) is 15.9 Å². The number of carbonyl (C=O) groups is 1. The molecule has 0 amide bonds. The Balaban J connectivity index is 2.17. The van der Waals surface area contributed by atoms with Crippen LogP contribution in [-0.4, -0.2) is 43.0 Å². The Bertz CT molecular complexity index is 950. The number of hydrogen-bond acceptors (Lipinski definition) is 7. The Morgan fingerprint density at radius 2 is 1.96 bits per heavy atom. The van der Waals surface area contributed by atoms with Gasteiger partial charge >= 0.3 is 0 Å². The van der Waals surface area contributed by atoms with Crippen molar-refractivity contribution in [3.8, 4) is 11.4 Å². The number of aldehydes is 1. The summed E-state index contributed by atoms with van der Waals surface area (Å²) in [5.74, 6) is -0.304. The number of nitro benzene ring substituents is 1. The Labute approximate surface area is 134 Å². The largest absolute Gasteiger partial charge is 0.505 e. The topological polar surface area (TPSA) is 131 Å². The van der Waals surface area contributed by atoms with E-state index in [1.54, 1.807) is 6.07 Å². The van der Waals surface area contributed by atoms with Crippen molar-refractivity contribution in [2.45, 2.75) is 6.42 Å². The van der Waals surface area contributed by atoms with Crippen LogP contribution in [0.25, 0.3) is 16.7 Å². The van der Waals surface area contributed by atoms with Gasteiger partial charge in [0, 0.05) is 18.7 Å². The van der Waals surface area contributed by atoms with E-state index in [9.17, 15) is 20.0 Å². The molecular weight excluding hydrogens is 316 g/mol. The standard InChI is InChI=1S/C15H12N4O5/c20-4-3-9-5-10(8-21)15(22)14(6-9)18-16-12-2-1-11(19(23)24)7-13(12)17-18/h1-2,5-8,20,22H,3-4H2. The molecule has 0 atom stereocenters. The van der Waals surface area contributed by atoms with Crippen LogP contribution in [0.15, 0.2) is 30.3 Å². The van der Waals surface area contributed by atoms with Crippen LogP contribution in [0.2, 0.25) is 0 Å². The van der Waals surface area contributed by atoms with Crippen molar-refractivity contribution in [2.75, 3.05) is 6.61 Å². The lowest BCUT2D eigenvalue weighted by atomic mass is 10.1. The minimum atomic E-state index is -0.539. The highest BCUT2D eigenvalue weighted by Gasteiger charge is 2.16. The molecule has 9 heteroatoms. The molecule has 0 radical (unpaired) electrons. The molecule has 0 bridgehead atoms. The summed E-state index contributed by atoms with van der Waals surface area (Å²) < 4.78 is 0. The highest BCUT2D eigenvalue weighted by atomic mass is 16.6. The maximum absolute atomic E-state index is 11.1. The first-order valence-electron chi connectivity index (χ1n) is 6.97. The predicted molar refractivity (Wildman–Crippen MR) is 83.4 cm³/mol. The van der Waals surface area contributed by atoms with Crippen molar-refractivity contribution < 1.29 is 19.9 Å². The second-order valence-corrected chi connectivity index (χ2v) is 5.06. The molecule has 0 fully saturated rings. The molecule has 9 nitrogen and oxygen atoms in total. The molecule has 2 N–H and O–H groups in total. The van der Waals surface area contributed by atoms with E-state index in [-0.39, 0.29) is 34.8 Å². The molecule has 2 aromatic carbocycles. The summed E-state index contributed by atoms with van der Waals surface area (Å²) in [6.07, 6.45) is 0.786. The lowest BCUT2D eigenvalue weighted by Gasteiger charge is -2.08. The zero-order valence-electron chi connectivity index (χ0n) is 12.3. The van der Waals surface area contributed by atoms with Crippen LogP contribution < -0.4 is 0 Å². The van der Waals surface area contributed by atoms with Gasteiger partial charge in [-0.05, 0) is 30.2 Å². The number of hydrogen-bond donors (Lipinski definition) is 2. The maximum Gasteiger partial charge on any atom is 0.271 e. The van der Waals surface area contributed by atoms with Gasteiger partial charge < -0.3 is 10.2 Å². The number of phenolic OH excluding ortho intramolecular Hbond substituents is 1. The van der Waals surface area contributed by atoms with Gasteiger partial charge in [0.05, 0.1) is 10.5 Å². The zero-order valence-corrected chi connectivity index (χ0v) is 12.3. The van der Waals surface area contributed by atoms with Gasteiger partial charge in [0.15, 0.2) is 12.0 Å². The number of fused-ring (bicyclic) bond motifs is 1. The highest BCUT2D eigenvalue weighted by molar-refractivity contribution is 5.82.